The fraction of sp³-hybridized carbons (Fsp3) is 0.400. The average molecular weight is 244 g/mol. The summed E-state index contributed by atoms with van der Waals surface area (Å²) < 4.78 is 7.53. The van der Waals surface area contributed by atoms with Crippen LogP contribution in [-0.4, -0.2) is 16.4 Å². The molecule has 0 N–H and O–H groups in total. The third-order valence-electron chi connectivity index (χ3n) is 2.87. The minimum atomic E-state index is 0.807. The van der Waals surface area contributed by atoms with Gasteiger partial charge in [-0.05, 0) is 36.8 Å². The first kappa shape index (κ1) is 12.7. The second-order valence-corrected chi connectivity index (χ2v) is 4.35. The molecular formula is C15H20N2O. The molecule has 0 spiro atoms. The maximum absolute atomic E-state index is 5.70. The van der Waals surface area contributed by atoms with E-state index in [9.17, 15) is 0 Å². The summed E-state index contributed by atoms with van der Waals surface area (Å²) in [6, 6.07) is 9.95. The van der Waals surface area contributed by atoms with Gasteiger partial charge in [0.2, 0.25) is 0 Å². The Balaban J connectivity index is 1.81. The maximum atomic E-state index is 5.70. The summed E-state index contributed by atoms with van der Waals surface area (Å²) in [6.07, 6.45) is 8.65. The molecule has 18 heavy (non-hydrogen) atoms. The highest BCUT2D eigenvalue weighted by atomic mass is 16.5. The highest BCUT2D eigenvalue weighted by Gasteiger charge is 1.97. The van der Waals surface area contributed by atoms with E-state index >= 15 is 0 Å². The quantitative estimate of drug-likeness (QED) is 0.692. The molecule has 0 fully saturated rings. The lowest BCUT2D eigenvalue weighted by Crippen LogP contribution is -1.98. The Morgan fingerprint density at radius 3 is 2.61 bits per heavy atom. The standard InChI is InChI=1S/C15H20N2O/c1-2-3-4-5-13-18-15-9-7-14(8-10-15)17-12-6-11-16-17/h6-12H,2-5,13H2,1H3. The summed E-state index contributed by atoms with van der Waals surface area (Å²) in [5.41, 5.74) is 1.05. The molecule has 0 amide bonds. The van der Waals surface area contributed by atoms with Crippen LogP contribution in [0, 0.1) is 0 Å². The molecule has 0 saturated heterocycles. The van der Waals surface area contributed by atoms with Crippen LogP contribution < -0.4 is 4.74 Å². The van der Waals surface area contributed by atoms with Crippen molar-refractivity contribution in [2.45, 2.75) is 32.6 Å². The average Bonchev–Trinajstić information content (AvgIpc) is 2.93. The lowest BCUT2D eigenvalue weighted by atomic mass is 10.2. The number of hydrogen-bond acceptors (Lipinski definition) is 2. The topological polar surface area (TPSA) is 27.1 Å². The van der Waals surface area contributed by atoms with Crippen LogP contribution in [0.2, 0.25) is 0 Å². The van der Waals surface area contributed by atoms with Gasteiger partial charge in [0.15, 0.2) is 0 Å². The van der Waals surface area contributed by atoms with E-state index in [-0.39, 0.29) is 0 Å². The first-order valence-electron chi connectivity index (χ1n) is 6.63. The molecule has 0 radical (unpaired) electrons. The van der Waals surface area contributed by atoms with E-state index in [2.05, 4.69) is 12.0 Å². The maximum Gasteiger partial charge on any atom is 0.119 e. The first-order chi connectivity index (χ1) is 8.90. The van der Waals surface area contributed by atoms with Gasteiger partial charge in [-0.25, -0.2) is 4.68 Å². The summed E-state index contributed by atoms with van der Waals surface area (Å²) in [5, 5.41) is 4.19. The molecule has 0 aliphatic rings. The smallest absolute Gasteiger partial charge is 0.119 e. The lowest BCUT2D eigenvalue weighted by molar-refractivity contribution is 0.305. The zero-order chi connectivity index (χ0) is 12.6. The molecule has 0 aliphatic carbocycles. The van der Waals surface area contributed by atoms with E-state index in [1.54, 1.807) is 6.20 Å². The number of aromatic nitrogens is 2. The Hall–Kier alpha value is -1.77. The molecule has 1 heterocycles. The monoisotopic (exact) mass is 244 g/mol. The van der Waals surface area contributed by atoms with Gasteiger partial charge in [0.25, 0.3) is 0 Å². The third-order valence-corrected chi connectivity index (χ3v) is 2.87. The molecule has 2 aromatic rings. The summed E-state index contributed by atoms with van der Waals surface area (Å²) in [5.74, 6) is 0.933. The van der Waals surface area contributed by atoms with Crippen molar-refractivity contribution in [3.05, 3.63) is 42.7 Å². The molecule has 96 valence electrons. The highest BCUT2D eigenvalue weighted by Crippen LogP contribution is 2.15. The molecule has 0 bridgehead atoms. The molecule has 3 heteroatoms. The Labute approximate surface area is 108 Å². The van der Waals surface area contributed by atoms with E-state index in [1.807, 2.05) is 41.2 Å². The summed E-state index contributed by atoms with van der Waals surface area (Å²) in [4.78, 5) is 0. The van der Waals surface area contributed by atoms with E-state index in [0.717, 1.165) is 24.5 Å². The summed E-state index contributed by atoms with van der Waals surface area (Å²) >= 11 is 0. The minimum absolute atomic E-state index is 0.807. The Morgan fingerprint density at radius 2 is 1.94 bits per heavy atom. The second-order valence-electron chi connectivity index (χ2n) is 4.35. The van der Waals surface area contributed by atoms with Crippen molar-refractivity contribution < 1.29 is 4.74 Å². The highest BCUT2D eigenvalue weighted by molar-refractivity contribution is 5.36. The van der Waals surface area contributed by atoms with E-state index < -0.39 is 0 Å². The predicted molar refractivity (Wildman–Crippen MR) is 73.2 cm³/mol. The number of benzene rings is 1. The van der Waals surface area contributed by atoms with Gasteiger partial charge in [-0.2, -0.15) is 5.10 Å². The Morgan fingerprint density at radius 1 is 1.11 bits per heavy atom. The number of unbranched alkanes of at least 4 members (excludes halogenated alkanes) is 3. The summed E-state index contributed by atoms with van der Waals surface area (Å²) in [6.45, 7) is 3.02. The molecule has 0 atom stereocenters. The fourth-order valence-electron chi connectivity index (χ4n) is 1.84. The van der Waals surface area contributed by atoms with Crippen LogP contribution in [0.4, 0.5) is 0 Å². The first-order valence-corrected chi connectivity index (χ1v) is 6.63. The minimum Gasteiger partial charge on any atom is -0.494 e. The molecule has 0 aliphatic heterocycles. The molecule has 1 aromatic carbocycles. The van der Waals surface area contributed by atoms with Crippen LogP contribution in [0.3, 0.4) is 0 Å². The Bertz CT molecular complexity index is 434. The predicted octanol–water partition coefficient (Wildman–Crippen LogP) is 3.83. The zero-order valence-corrected chi connectivity index (χ0v) is 10.9. The van der Waals surface area contributed by atoms with Gasteiger partial charge in [0, 0.05) is 12.4 Å². The molecular weight excluding hydrogens is 224 g/mol. The van der Waals surface area contributed by atoms with Crippen molar-refractivity contribution >= 4 is 0 Å². The number of ether oxygens (including phenoxy) is 1. The van der Waals surface area contributed by atoms with Crippen LogP contribution >= 0.6 is 0 Å². The van der Waals surface area contributed by atoms with Gasteiger partial charge in [-0.1, -0.05) is 26.2 Å². The lowest BCUT2D eigenvalue weighted by Gasteiger charge is -2.07. The van der Waals surface area contributed by atoms with Crippen LogP contribution in [0.1, 0.15) is 32.6 Å². The second kappa shape index (κ2) is 6.84. The van der Waals surface area contributed by atoms with E-state index in [4.69, 9.17) is 4.74 Å². The van der Waals surface area contributed by atoms with Gasteiger partial charge in [0.1, 0.15) is 5.75 Å². The number of hydrogen-bond donors (Lipinski definition) is 0. The van der Waals surface area contributed by atoms with Crippen LogP contribution in [-0.2, 0) is 0 Å². The van der Waals surface area contributed by atoms with Gasteiger partial charge >= 0.3 is 0 Å². The van der Waals surface area contributed by atoms with Crippen molar-refractivity contribution in [3.63, 3.8) is 0 Å². The molecule has 1 aromatic heterocycles. The molecule has 2 rings (SSSR count). The van der Waals surface area contributed by atoms with Gasteiger partial charge in [-0.3, -0.25) is 0 Å². The Kier molecular flexibility index (Phi) is 4.82. The van der Waals surface area contributed by atoms with E-state index in [0.29, 0.717) is 0 Å². The van der Waals surface area contributed by atoms with Crippen molar-refractivity contribution in [2.24, 2.45) is 0 Å². The van der Waals surface area contributed by atoms with Crippen molar-refractivity contribution in [2.75, 3.05) is 6.61 Å². The van der Waals surface area contributed by atoms with Crippen LogP contribution in [0.25, 0.3) is 5.69 Å². The van der Waals surface area contributed by atoms with Gasteiger partial charge in [0.05, 0.1) is 12.3 Å². The van der Waals surface area contributed by atoms with Crippen molar-refractivity contribution in [1.82, 2.24) is 9.78 Å². The normalized spacial score (nSPS) is 10.5. The molecule has 3 nitrogen and oxygen atoms in total. The number of nitrogens with zero attached hydrogens (tertiary/aromatic N) is 2. The zero-order valence-electron chi connectivity index (χ0n) is 10.9. The molecule has 0 unspecified atom stereocenters. The summed E-state index contributed by atoms with van der Waals surface area (Å²) in [7, 11) is 0. The largest absolute Gasteiger partial charge is 0.494 e. The van der Waals surface area contributed by atoms with Gasteiger partial charge in [-0.15, -0.1) is 0 Å². The third kappa shape index (κ3) is 3.62. The SMILES string of the molecule is CCCCCCOc1ccc(-n2cccn2)cc1. The van der Waals surface area contributed by atoms with E-state index in [1.165, 1.54) is 19.3 Å². The number of rotatable bonds is 7. The van der Waals surface area contributed by atoms with Crippen LogP contribution in [0.15, 0.2) is 42.7 Å². The fourth-order valence-corrected chi connectivity index (χ4v) is 1.84. The van der Waals surface area contributed by atoms with Crippen LogP contribution in [0.5, 0.6) is 5.75 Å². The van der Waals surface area contributed by atoms with Gasteiger partial charge < -0.3 is 4.74 Å². The molecule has 0 saturated carbocycles. The van der Waals surface area contributed by atoms with Crippen molar-refractivity contribution in [1.29, 1.82) is 0 Å². The van der Waals surface area contributed by atoms with Crippen molar-refractivity contribution in [3.8, 4) is 11.4 Å².